The molecule has 174 valence electrons. The number of hydrogen-bond donors (Lipinski definition) is 0. The summed E-state index contributed by atoms with van der Waals surface area (Å²) in [6, 6.07) is 6.82. The van der Waals surface area contributed by atoms with Crippen LogP contribution in [-0.4, -0.2) is 53.6 Å². The summed E-state index contributed by atoms with van der Waals surface area (Å²) >= 11 is 0. The number of nitrogens with zero attached hydrogens (tertiary/aromatic N) is 2. The summed E-state index contributed by atoms with van der Waals surface area (Å²) in [5.41, 5.74) is -0.762. The first-order chi connectivity index (χ1) is 15.8. The lowest BCUT2D eigenvalue weighted by Crippen LogP contribution is -2.51. The van der Waals surface area contributed by atoms with E-state index in [1.54, 1.807) is 4.90 Å². The highest BCUT2D eigenvalue weighted by atomic mass is 19.1. The number of ether oxygens (including phenoxy) is 2. The standard InChI is InChI=1S/C24H23F3N2O4/c1-32-17-2-3-19(27)18(13-17)22(30)28-8-6-24(7-9-28)23(31)29-20(4-5-21(29)33-24)14-10-15(25)12-16(26)11-14/h2-3,10-13,20-21H,4-9H2,1H3. The van der Waals surface area contributed by atoms with Gasteiger partial charge in [-0.1, -0.05) is 0 Å². The van der Waals surface area contributed by atoms with Gasteiger partial charge in [0.05, 0.1) is 18.7 Å². The molecule has 0 aromatic heterocycles. The number of amides is 2. The van der Waals surface area contributed by atoms with E-state index in [0.717, 1.165) is 6.07 Å². The summed E-state index contributed by atoms with van der Waals surface area (Å²) in [5.74, 6) is -2.33. The van der Waals surface area contributed by atoms with Gasteiger partial charge in [-0.25, -0.2) is 13.2 Å². The van der Waals surface area contributed by atoms with E-state index in [9.17, 15) is 22.8 Å². The molecule has 3 heterocycles. The largest absolute Gasteiger partial charge is 0.497 e. The SMILES string of the molecule is COc1ccc(F)c(C(=O)N2CCC3(CC2)OC2CCC(c4cc(F)cc(F)c4)N2C3=O)c1. The van der Waals surface area contributed by atoms with Crippen molar-refractivity contribution in [3.63, 3.8) is 0 Å². The van der Waals surface area contributed by atoms with Crippen molar-refractivity contribution < 1.29 is 32.2 Å². The molecule has 2 unspecified atom stereocenters. The number of rotatable bonds is 3. The van der Waals surface area contributed by atoms with Crippen molar-refractivity contribution in [3.05, 3.63) is 65.0 Å². The minimum absolute atomic E-state index is 0.0854. The third-order valence-corrected chi connectivity index (χ3v) is 6.85. The Morgan fingerprint density at radius 2 is 1.76 bits per heavy atom. The van der Waals surface area contributed by atoms with E-state index in [1.165, 1.54) is 42.3 Å². The number of hydrogen-bond acceptors (Lipinski definition) is 4. The van der Waals surface area contributed by atoms with Gasteiger partial charge in [-0.05, 0) is 48.7 Å². The molecule has 2 aromatic carbocycles. The van der Waals surface area contributed by atoms with E-state index in [4.69, 9.17) is 9.47 Å². The molecule has 3 fully saturated rings. The smallest absolute Gasteiger partial charge is 0.257 e. The first kappa shape index (κ1) is 21.8. The van der Waals surface area contributed by atoms with E-state index in [1.807, 2.05) is 0 Å². The van der Waals surface area contributed by atoms with Gasteiger partial charge in [-0.2, -0.15) is 0 Å². The van der Waals surface area contributed by atoms with Crippen molar-refractivity contribution in [2.75, 3.05) is 20.2 Å². The van der Waals surface area contributed by atoms with Crippen LogP contribution < -0.4 is 4.74 Å². The van der Waals surface area contributed by atoms with Gasteiger partial charge in [-0.3, -0.25) is 9.59 Å². The maximum Gasteiger partial charge on any atom is 0.257 e. The van der Waals surface area contributed by atoms with E-state index < -0.39 is 41.2 Å². The van der Waals surface area contributed by atoms with Crippen molar-refractivity contribution in [1.82, 2.24) is 9.80 Å². The van der Waals surface area contributed by atoms with Crippen molar-refractivity contribution in [3.8, 4) is 5.75 Å². The predicted molar refractivity (Wildman–Crippen MR) is 111 cm³/mol. The number of piperidine rings is 1. The minimum atomic E-state index is -1.08. The number of halogens is 3. The van der Waals surface area contributed by atoms with Gasteiger partial charge in [-0.15, -0.1) is 0 Å². The molecule has 0 saturated carbocycles. The topological polar surface area (TPSA) is 59.1 Å². The lowest BCUT2D eigenvalue weighted by atomic mass is 9.89. The highest BCUT2D eigenvalue weighted by Gasteiger charge is 2.58. The van der Waals surface area contributed by atoms with Crippen molar-refractivity contribution in [2.45, 2.75) is 43.6 Å². The highest BCUT2D eigenvalue weighted by Crippen LogP contribution is 2.47. The lowest BCUT2D eigenvalue weighted by Gasteiger charge is -2.37. The summed E-state index contributed by atoms with van der Waals surface area (Å²) in [6.45, 7) is 0.447. The third-order valence-electron chi connectivity index (χ3n) is 6.85. The average Bonchev–Trinajstić information content (AvgIpc) is 3.31. The summed E-state index contributed by atoms with van der Waals surface area (Å²) in [6.07, 6.45) is 1.18. The van der Waals surface area contributed by atoms with Crippen LogP contribution in [0.3, 0.4) is 0 Å². The predicted octanol–water partition coefficient (Wildman–Crippen LogP) is 3.81. The van der Waals surface area contributed by atoms with Gasteiger partial charge >= 0.3 is 0 Å². The second-order valence-corrected chi connectivity index (χ2v) is 8.71. The van der Waals surface area contributed by atoms with Crippen LogP contribution in [0.15, 0.2) is 36.4 Å². The van der Waals surface area contributed by atoms with E-state index >= 15 is 0 Å². The second-order valence-electron chi connectivity index (χ2n) is 8.71. The summed E-state index contributed by atoms with van der Waals surface area (Å²) < 4.78 is 53.0. The Balaban J connectivity index is 1.32. The molecule has 2 aromatic rings. The first-order valence-electron chi connectivity index (χ1n) is 10.9. The maximum atomic E-state index is 14.2. The van der Waals surface area contributed by atoms with E-state index in [0.29, 0.717) is 24.2 Å². The van der Waals surface area contributed by atoms with Crippen molar-refractivity contribution in [1.29, 1.82) is 0 Å². The fourth-order valence-corrected chi connectivity index (χ4v) is 5.18. The second kappa shape index (κ2) is 8.06. The molecular formula is C24H23F3N2O4. The number of fused-ring (bicyclic) bond motifs is 1. The summed E-state index contributed by atoms with van der Waals surface area (Å²) in [7, 11) is 1.44. The maximum absolute atomic E-state index is 14.2. The number of carbonyl (C=O) groups excluding carboxylic acids is 2. The molecule has 6 nitrogen and oxygen atoms in total. The Morgan fingerprint density at radius 3 is 2.42 bits per heavy atom. The van der Waals surface area contributed by atoms with E-state index in [2.05, 4.69) is 0 Å². The normalized spacial score (nSPS) is 23.8. The molecule has 5 rings (SSSR count). The molecule has 0 radical (unpaired) electrons. The molecule has 0 N–H and O–H groups in total. The van der Waals surface area contributed by atoms with Crippen LogP contribution >= 0.6 is 0 Å². The molecule has 0 bridgehead atoms. The number of carbonyl (C=O) groups is 2. The molecule has 1 spiro atoms. The molecule has 2 amide bonds. The zero-order chi connectivity index (χ0) is 23.3. The lowest BCUT2D eigenvalue weighted by molar-refractivity contribution is -0.142. The summed E-state index contributed by atoms with van der Waals surface area (Å²) in [5, 5.41) is 0. The first-order valence-corrected chi connectivity index (χ1v) is 10.9. The Hall–Kier alpha value is -3.07. The van der Waals surface area contributed by atoms with Gasteiger partial charge in [0.1, 0.15) is 29.4 Å². The van der Waals surface area contributed by atoms with Gasteiger partial charge < -0.3 is 19.3 Å². The molecule has 0 aliphatic carbocycles. The summed E-state index contributed by atoms with van der Waals surface area (Å²) in [4.78, 5) is 29.4. The van der Waals surface area contributed by atoms with Crippen LogP contribution in [0.4, 0.5) is 13.2 Å². The van der Waals surface area contributed by atoms with Crippen LogP contribution in [0.25, 0.3) is 0 Å². The molecule has 33 heavy (non-hydrogen) atoms. The van der Waals surface area contributed by atoms with Gasteiger partial charge in [0.15, 0.2) is 5.60 Å². The molecule has 3 aliphatic heterocycles. The van der Waals surface area contributed by atoms with Crippen LogP contribution in [0.5, 0.6) is 5.75 Å². The molecular weight excluding hydrogens is 437 g/mol. The van der Waals surface area contributed by atoms with Crippen molar-refractivity contribution >= 4 is 11.8 Å². The van der Waals surface area contributed by atoms with Crippen molar-refractivity contribution in [2.24, 2.45) is 0 Å². The fraction of sp³-hybridized carbons (Fsp3) is 0.417. The Kier molecular flexibility index (Phi) is 5.31. The van der Waals surface area contributed by atoms with E-state index in [-0.39, 0.29) is 37.4 Å². The molecule has 3 aliphatic rings. The van der Waals surface area contributed by atoms with Crippen LogP contribution in [0, 0.1) is 17.5 Å². The van der Waals surface area contributed by atoms with Gasteiger partial charge in [0.25, 0.3) is 11.8 Å². The Bertz CT molecular complexity index is 1100. The fourth-order valence-electron chi connectivity index (χ4n) is 5.18. The van der Waals surface area contributed by atoms with Crippen LogP contribution in [0.1, 0.15) is 47.6 Å². The zero-order valence-corrected chi connectivity index (χ0v) is 18.0. The molecule has 2 atom stereocenters. The van der Waals surface area contributed by atoms with Crippen LogP contribution in [0.2, 0.25) is 0 Å². The average molecular weight is 460 g/mol. The van der Waals surface area contributed by atoms with Gasteiger partial charge in [0.2, 0.25) is 0 Å². The quantitative estimate of drug-likeness (QED) is 0.699. The Labute approximate surface area is 188 Å². The van der Waals surface area contributed by atoms with Gasteiger partial charge in [0, 0.05) is 32.0 Å². The molecule has 3 saturated heterocycles. The number of benzene rings is 2. The minimum Gasteiger partial charge on any atom is -0.497 e. The monoisotopic (exact) mass is 460 g/mol. The van der Waals surface area contributed by atoms with Crippen LogP contribution in [-0.2, 0) is 9.53 Å². The number of methoxy groups -OCH3 is 1. The number of likely N-dealkylation sites (tertiary alicyclic amines) is 1. The molecule has 9 heteroatoms. The Morgan fingerprint density at radius 1 is 1.06 bits per heavy atom. The zero-order valence-electron chi connectivity index (χ0n) is 18.0. The third kappa shape index (κ3) is 3.64. The highest BCUT2D eigenvalue weighted by molar-refractivity contribution is 5.95.